The van der Waals surface area contributed by atoms with Crippen molar-refractivity contribution in [1.82, 2.24) is 5.32 Å². The summed E-state index contributed by atoms with van der Waals surface area (Å²) in [6.07, 6.45) is 60.6. The number of hydrogen-bond donors (Lipinski definition) is 4. The van der Waals surface area contributed by atoms with E-state index >= 15 is 0 Å². The number of carbonyl (C=O) groups excluding carboxylic acids is 1. The van der Waals surface area contributed by atoms with Crippen LogP contribution in [0.4, 0.5) is 0 Å². The van der Waals surface area contributed by atoms with E-state index in [9.17, 15) is 20.1 Å². The SMILES string of the molecule is CCCCCCCCCCC/C=C\C/C=C\CCCCCCCCC(O)C(=O)NC(CO)C(O)CCCCCCCCCCCCCCCCCCCCCCCC. The fourth-order valence-corrected chi connectivity index (χ4v) is 8.22. The zero-order valence-electron chi connectivity index (χ0n) is 39.2. The fraction of sp³-hybridized carbons (Fsp3) is 0.906. The molecule has 0 rings (SSSR count). The lowest BCUT2D eigenvalue weighted by Crippen LogP contribution is -2.49. The van der Waals surface area contributed by atoms with E-state index < -0.39 is 24.2 Å². The Labute approximate surface area is 362 Å². The van der Waals surface area contributed by atoms with Gasteiger partial charge in [0.05, 0.1) is 18.8 Å². The number of hydrogen-bond acceptors (Lipinski definition) is 4. The quantitative estimate of drug-likeness (QED) is 0.0364. The summed E-state index contributed by atoms with van der Waals surface area (Å²) in [5.74, 6) is -0.475. The number of nitrogens with one attached hydrogen (secondary N) is 1. The molecular weight excluding hydrogens is 715 g/mol. The smallest absolute Gasteiger partial charge is 0.249 e. The van der Waals surface area contributed by atoms with Gasteiger partial charge in [-0.1, -0.05) is 263 Å². The Hall–Kier alpha value is -1.17. The molecule has 0 saturated heterocycles. The molecule has 5 heteroatoms. The van der Waals surface area contributed by atoms with Crippen molar-refractivity contribution in [3.05, 3.63) is 24.3 Å². The van der Waals surface area contributed by atoms with Crippen LogP contribution in [0.1, 0.15) is 284 Å². The minimum atomic E-state index is -1.08. The van der Waals surface area contributed by atoms with Gasteiger partial charge in [0.15, 0.2) is 0 Å². The summed E-state index contributed by atoms with van der Waals surface area (Å²) in [5, 5.41) is 33.5. The molecule has 5 nitrogen and oxygen atoms in total. The highest BCUT2D eigenvalue weighted by Crippen LogP contribution is 2.17. The van der Waals surface area contributed by atoms with Crippen LogP contribution in [0.3, 0.4) is 0 Å². The van der Waals surface area contributed by atoms with Crippen LogP contribution in [0.15, 0.2) is 24.3 Å². The Kier molecular flexibility index (Phi) is 47.5. The van der Waals surface area contributed by atoms with E-state index in [1.54, 1.807) is 0 Å². The lowest BCUT2D eigenvalue weighted by Gasteiger charge is -2.23. The number of aliphatic hydroxyl groups is 3. The minimum absolute atomic E-state index is 0.315. The third-order valence-corrected chi connectivity index (χ3v) is 12.3. The standard InChI is InChI=1S/C53H103NO4/c1-3-5-7-9-11-13-15-17-19-21-23-25-27-29-31-33-35-37-39-41-43-45-47-51(56)50(49-55)54-53(58)52(57)48-46-44-42-40-38-36-34-32-30-28-26-24-22-20-18-16-14-12-10-8-6-4-2/h24,26,30,32,50-52,55-57H,3-23,25,27-29,31,33-49H2,1-2H3,(H,54,58)/b26-24-,32-30-. The molecule has 0 aromatic rings. The Bertz CT molecular complexity index is 859. The first-order valence-electron chi connectivity index (χ1n) is 26.1. The Morgan fingerprint density at radius 1 is 0.414 bits per heavy atom. The van der Waals surface area contributed by atoms with E-state index in [1.807, 2.05) is 0 Å². The first-order chi connectivity index (χ1) is 28.6. The molecule has 0 aromatic heterocycles. The molecule has 58 heavy (non-hydrogen) atoms. The summed E-state index contributed by atoms with van der Waals surface area (Å²) >= 11 is 0. The van der Waals surface area contributed by atoms with E-state index in [0.717, 1.165) is 44.9 Å². The summed E-state index contributed by atoms with van der Waals surface area (Å²) in [4.78, 5) is 12.5. The molecule has 0 saturated carbocycles. The first kappa shape index (κ1) is 56.8. The molecule has 0 aromatic carbocycles. The van der Waals surface area contributed by atoms with Gasteiger partial charge in [0.1, 0.15) is 6.10 Å². The number of unbranched alkanes of at least 4 members (excludes halogenated alkanes) is 36. The van der Waals surface area contributed by atoms with Gasteiger partial charge < -0.3 is 20.6 Å². The normalized spacial score (nSPS) is 13.5. The van der Waals surface area contributed by atoms with E-state index in [1.165, 1.54) is 212 Å². The van der Waals surface area contributed by atoms with Crippen LogP contribution >= 0.6 is 0 Å². The summed E-state index contributed by atoms with van der Waals surface area (Å²) in [5.41, 5.74) is 0. The lowest BCUT2D eigenvalue weighted by molar-refractivity contribution is -0.131. The maximum Gasteiger partial charge on any atom is 0.249 e. The van der Waals surface area contributed by atoms with Crippen molar-refractivity contribution >= 4 is 5.91 Å². The number of allylic oxidation sites excluding steroid dienone is 4. The average molecular weight is 818 g/mol. The number of amides is 1. The van der Waals surface area contributed by atoms with Crippen molar-refractivity contribution < 1.29 is 20.1 Å². The predicted molar refractivity (Wildman–Crippen MR) is 255 cm³/mol. The molecule has 3 atom stereocenters. The zero-order chi connectivity index (χ0) is 42.3. The van der Waals surface area contributed by atoms with Gasteiger partial charge >= 0.3 is 0 Å². The van der Waals surface area contributed by atoms with E-state index in [0.29, 0.717) is 12.8 Å². The van der Waals surface area contributed by atoms with Crippen molar-refractivity contribution in [3.63, 3.8) is 0 Å². The summed E-state index contributed by atoms with van der Waals surface area (Å²) in [6.45, 7) is 4.26. The van der Waals surface area contributed by atoms with Crippen molar-refractivity contribution in [2.24, 2.45) is 0 Å². The van der Waals surface area contributed by atoms with Gasteiger partial charge in [0.2, 0.25) is 5.91 Å². The van der Waals surface area contributed by atoms with Crippen LogP contribution in [0, 0.1) is 0 Å². The van der Waals surface area contributed by atoms with Crippen LogP contribution in [0.5, 0.6) is 0 Å². The third-order valence-electron chi connectivity index (χ3n) is 12.3. The second kappa shape index (κ2) is 48.5. The second-order valence-corrected chi connectivity index (χ2v) is 18.1. The average Bonchev–Trinajstić information content (AvgIpc) is 3.23. The number of carbonyl (C=O) groups is 1. The van der Waals surface area contributed by atoms with E-state index in [4.69, 9.17) is 0 Å². The van der Waals surface area contributed by atoms with Gasteiger partial charge in [-0.25, -0.2) is 0 Å². The van der Waals surface area contributed by atoms with Crippen LogP contribution in [0.2, 0.25) is 0 Å². The highest BCUT2D eigenvalue weighted by Gasteiger charge is 2.23. The summed E-state index contributed by atoms with van der Waals surface area (Å²) in [6, 6.07) is -0.716. The molecule has 4 N–H and O–H groups in total. The fourth-order valence-electron chi connectivity index (χ4n) is 8.22. The van der Waals surface area contributed by atoms with Gasteiger partial charge in [-0.2, -0.15) is 0 Å². The Morgan fingerprint density at radius 2 is 0.707 bits per heavy atom. The molecule has 1 amide bonds. The Morgan fingerprint density at radius 3 is 1.03 bits per heavy atom. The van der Waals surface area contributed by atoms with Gasteiger partial charge in [-0.15, -0.1) is 0 Å². The highest BCUT2D eigenvalue weighted by atomic mass is 16.3. The predicted octanol–water partition coefficient (Wildman–Crippen LogP) is 15.7. The molecule has 0 aliphatic heterocycles. The molecular formula is C53H103NO4. The third kappa shape index (κ3) is 42.9. The number of rotatable bonds is 48. The van der Waals surface area contributed by atoms with Gasteiger partial charge in [0, 0.05) is 0 Å². The molecule has 0 aliphatic rings. The Balaban J connectivity index is 3.58. The van der Waals surface area contributed by atoms with Crippen LogP contribution < -0.4 is 5.32 Å². The monoisotopic (exact) mass is 818 g/mol. The maximum absolute atomic E-state index is 12.5. The molecule has 0 aliphatic carbocycles. The lowest BCUT2D eigenvalue weighted by atomic mass is 10.0. The molecule has 0 radical (unpaired) electrons. The topological polar surface area (TPSA) is 89.8 Å². The summed E-state index contributed by atoms with van der Waals surface area (Å²) in [7, 11) is 0. The van der Waals surface area contributed by atoms with Crippen molar-refractivity contribution in [1.29, 1.82) is 0 Å². The summed E-state index contributed by atoms with van der Waals surface area (Å²) < 4.78 is 0. The molecule has 0 bridgehead atoms. The van der Waals surface area contributed by atoms with Crippen molar-refractivity contribution in [3.8, 4) is 0 Å². The molecule has 0 heterocycles. The zero-order valence-corrected chi connectivity index (χ0v) is 39.2. The molecule has 3 unspecified atom stereocenters. The van der Waals surface area contributed by atoms with Crippen LogP contribution in [0.25, 0.3) is 0 Å². The van der Waals surface area contributed by atoms with Crippen molar-refractivity contribution in [2.45, 2.75) is 302 Å². The largest absolute Gasteiger partial charge is 0.394 e. The molecule has 0 spiro atoms. The highest BCUT2D eigenvalue weighted by molar-refractivity contribution is 5.80. The van der Waals surface area contributed by atoms with E-state index in [-0.39, 0.29) is 6.61 Å². The van der Waals surface area contributed by atoms with Gasteiger partial charge in [-0.05, 0) is 44.9 Å². The second-order valence-electron chi connectivity index (χ2n) is 18.1. The van der Waals surface area contributed by atoms with Gasteiger partial charge in [-0.3, -0.25) is 4.79 Å². The molecule has 344 valence electrons. The van der Waals surface area contributed by atoms with Crippen LogP contribution in [-0.4, -0.2) is 46.1 Å². The minimum Gasteiger partial charge on any atom is -0.394 e. The first-order valence-corrected chi connectivity index (χ1v) is 26.1. The maximum atomic E-state index is 12.5. The van der Waals surface area contributed by atoms with E-state index in [2.05, 4.69) is 43.5 Å². The van der Waals surface area contributed by atoms with Crippen molar-refractivity contribution in [2.75, 3.05) is 6.61 Å². The van der Waals surface area contributed by atoms with Crippen LogP contribution in [-0.2, 0) is 4.79 Å². The number of aliphatic hydroxyl groups excluding tert-OH is 3. The molecule has 0 fully saturated rings. The van der Waals surface area contributed by atoms with Gasteiger partial charge in [0.25, 0.3) is 0 Å².